The van der Waals surface area contributed by atoms with Gasteiger partial charge in [-0.2, -0.15) is 0 Å². The van der Waals surface area contributed by atoms with Crippen molar-refractivity contribution in [1.29, 1.82) is 0 Å². The van der Waals surface area contributed by atoms with Crippen LogP contribution in [-0.2, 0) is 9.47 Å². The van der Waals surface area contributed by atoms with E-state index >= 15 is 0 Å². The number of hydrogen-bond donors (Lipinski definition) is 1. The van der Waals surface area contributed by atoms with Crippen molar-refractivity contribution < 1.29 is 9.47 Å². The van der Waals surface area contributed by atoms with Crippen LogP contribution in [0.3, 0.4) is 0 Å². The molecule has 0 saturated carbocycles. The lowest BCUT2D eigenvalue weighted by molar-refractivity contribution is 0.116. The van der Waals surface area contributed by atoms with Gasteiger partial charge in [0, 0.05) is 13.2 Å². The predicted octanol–water partition coefficient (Wildman–Crippen LogP) is -0.138. The van der Waals surface area contributed by atoms with Gasteiger partial charge >= 0.3 is 0 Å². The van der Waals surface area contributed by atoms with E-state index in [0.717, 1.165) is 0 Å². The van der Waals surface area contributed by atoms with E-state index in [1.165, 1.54) is 6.20 Å². The lowest BCUT2D eigenvalue weighted by atomic mass is 10.5. The fraction of sp³-hybridized carbons (Fsp3) is 0.500. The zero-order chi connectivity index (χ0) is 7.40. The van der Waals surface area contributed by atoms with E-state index in [-0.39, 0.29) is 0 Å². The van der Waals surface area contributed by atoms with E-state index in [2.05, 4.69) is 4.99 Å². The van der Waals surface area contributed by atoms with Crippen LogP contribution < -0.4 is 5.73 Å². The molecule has 1 fully saturated rings. The second-order valence-electron chi connectivity index (χ2n) is 1.76. The van der Waals surface area contributed by atoms with E-state index in [0.29, 0.717) is 24.9 Å². The summed E-state index contributed by atoms with van der Waals surface area (Å²) in [6, 6.07) is 0. The molecule has 0 aromatic heterocycles. The normalized spacial score (nSPS) is 26.1. The van der Waals surface area contributed by atoms with Crippen molar-refractivity contribution in [3.63, 3.8) is 0 Å². The monoisotopic (exact) mass is 142 g/mol. The first-order valence-corrected chi connectivity index (χ1v) is 3.03. The lowest BCUT2D eigenvalue weighted by Crippen LogP contribution is -2.22. The Bertz CT molecular complexity index is 155. The van der Waals surface area contributed by atoms with Gasteiger partial charge in [0.25, 0.3) is 5.90 Å². The van der Waals surface area contributed by atoms with Crippen molar-refractivity contribution in [3.05, 3.63) is 12.0 Å². The molecule has 1 saturated heterocycles. The highest BCUT2D eigenvalue weighted by molar-refractivity contribution is 5.91. The number of aliphatic imine (C=N–C) groups is 1. The predicted molar refractivity (Wildman–Crippen MR) is 37.5 cm³/mol. The van der Waals surface area contributed by atoms with Crippen molar-refractivity contribution in [2.45, 2.75) is 0 Å². The quantitative estimate of drug-likeness (QED) is 0.512. The molecule has 0 aromatic carbocycles. The number of ether oxygens (including phenoxy) is 2. The molecule has 1 rings (SSSR count). The fourth-order valence-corrected chi connectivity index (χ4v) is 0.717. The summed E-state index contributed by atoms with van der Waals surface area (Å²) in [5.74, 6) is 1.00. The number of nitrogens with two attached hydrogens (primary N) is 1. The first kappa shape index (κ1) is 6.92. The first-order valence-electron chi connectivity index (χ1n) is 3.03. The summed E-state index contributed by atoms with van der Waals surface area (Å²) >= 11 is 0. The fourth-order valence-electron chi connectivity index (χ4n) is 0.717. The van der Waals surface area contributed by atoms with Crippen LogP contribution in [0.2, 0.25) is 0 Å². The highest BCUT2D eigenvalue weighted by Gasteiger charge is 2.13. The Morgan fingerprint density at radius 2 is 2.20 bits per heavy atom. The van der Waals surface area contributed by atoms with Crippen LogP contribution in [0.25, 0.3) is 0 Å². The molecule has 0 aliphatic carbocycles. The molecule has 10 heavy (non-hydrogen) atoms. The largest absolute Gasteiger partial charge is 0.483 e. The van der Waals surface area contributed by atoms with Crippen LogP contribution in [0.4, 0.5) is 0 Å². The van der Waals surface area contributed by atoms with E-state index in [1.807, 2.05) is 0 Å². The average molecular weight is 142 g/mol. The highest BCUT2D eigenvalue weighted by Crippen LogP contribution is 2.05. The topological polar surface area (TPSA) is 56.8 Å². The maximum atomic E-state index is 5.22. The second kappa shape index (κ2) is 3.10. The molecule has 0 unspecified atom stereocenters. The van der Waals surface area contributed by atoms with Crippen molar-refractivity contribution in [2.24, 2.45) is 10.7 Å². The van der Waals surface area contributed by atoms with E-state index in [4.69, 9.17) is 15.2 Å². The van der Waals surface area contributed by atoms with Gasteiger partial charge < -0.3 is 15.2 Å². The molecule has 56 valence electrons. The van der Waals surface area contributed by atoms with Crippen molar-refractivity contribution >= 4 is 5.90 Å². The SMILES string of the molecule is CN=C1OCCOC1=CN. The Morgan fingerprint density at radius 3 is 2.70 bits per heavy atom. The third-order valence-electron chi connectivity index (χ3n) is 1.14. The minimum atomic E-state index is 0.480. The summed E-state index contributed by atoms with van der Waals surface area (Å²) in [4.78, 5) is 3.82. The van der Waals surface area contributed by atoms with Crippen LogP contribution in [-0.4, -0.2) is 26.2 Å². The number of hydrogen-bond acceptors (Lipinski definition) is 4. The smallest absolute Gasteiger partial charge is 0.253 e. The van der Waals surface area contributed by atoms with Gasteiger partial charge in [-0.1, -0.05) is 0 Å². The number of rotatable bonds is 0. The lowest BCUT2D eigenvalue weighted by Gasteiger charge is -2.17. The molecular formula is C6H10N2O2. The highest BCUT2D eigenvalue weighted by atomic mass is 16.6. The Balaban J connectivity index is 2.69. The molecule has 0 spiro atoms. The second-order valence-corrected chi connectivity index (χ2v) is 1.76. The Hall–Kier alpha value is -1.19. The summed E-state index contributed by atoms with van der Waals surface area (Å²) in [6.07, 6.45) is 1.35. The molecule has 0 bridgehead atoms. The molecular weight excluding hydrogens is 132 g/mol. The van der Waals surface area contributed by atoms with E-state index in [9.17, 15) is 0 Å². The van der Waals surface area contributed by atoms with Crippen LogP contribution in [0.15, 0.2) is 17.0 Å². The standard InChI is InChI=1S/C6H10N2O2/c1-8-6-5(4-7)9-2-3-10-6/h4H,2-3,7H2,1H3. The van der Waals surface area contributed by atoms with Gasteiger partial charge in [-0.15, -0.1) is 0 Å². The maximum Gasteiger partial charge on any atom is 0.253 e. The minimum Gasteiger partial charge on any atom is -0.483 e. The molecule has 1 aliphatic heterocycles. The van der Waals surface area contributed by atoms with Crippen LogP contribution >= 0.6 is 0 Å². The Morgan fingerprint density at radius 1 is 1.50 bits per heavy atom. The van der Waals surface area contributed by atoms with Gasteiger partial charge in [-0.25, -0.2) is 0 Å². The van der Waals surface area contributed by atoms with Crippen LogP contribution in [0, 0.1) is 0 Å². The summed E-state index contributed by atoms with van der Waals surface area (Å²) in [6.45, 7) is 1.09. The molecule has 1 heterocycles. The summed E-state index contributed by atoms with van der Waals surface area (Å²) < 4.78 is 10.2. The maximum absolute atomic E-state index is 5.22. The molecule has 2 N–H and O–H groups in total. The summed E-state index contributed by atoms with van der Waals surface area (Å²) in [5, 5.41) is 0. The Labute approximate surface area is 59.3 Å². The van der Waals surface area contributed by atoms with Gasteiger partial charge in [-0.05, 0) is 0 Å². The molecule has 4 heteroatoms. The van der Waals surface area contributed by atoms with Gasteiger partial charge in [0.1, 0.15) is 13.2 Å². The van der Waals surface area contributed by atoms with E-state index < -0.39 is 0 Å². The van der Waals surface area contributed by atoms with Gasteiger partial charge in [0.2, 0.25) is 0 Å². The van der Waals surface area contributed by atoms with Gasteiger partial charge in [-0.3, -0.25) is 4.99 Å². The molecule has 0 radical (unpaired) electrons. The zero-order valence-corrected chi connectivity index (χ0v) is 5.83. The van der Waals surface area contributed by atoms with Crippen LogP contribution in [0.5, 0.6) is 0 Å². The minimum absolute atomic E-state index is 0.480. The van der Waals surface area contributed by atoms with Crippen molar-refractivity contribution in [1.82, 2.24) is 0 Å². The third-order valence-corrected chi connectivity index (χ3v) is 1.14. The zero-order valence-electron chi connectivity index (χ0n) is 5.83. The van der Waals surface area contributed by atoms with Gasteiger partial charge in [0.05, 0.1) is 0 Å². The van der Waals surface area contributed by atoms with Crippen molar-refractivity contribution in [2.75, 3.05) is 20.3 Å². The average Bonchev–Trinajstić information content (AvgIpc) is 2.04. The summed E-state index contributed by atoms with van der Waals surface area (Å²) in [7, 11) is 1.63. The van der Waals surface area contributed by atoms with E-state index in [1.54, 1.807) is 7.05 Å². The Kier molecular flexibility index (Phi) is 2.15. The number of nitrogens with zero attached hydrogens (tertiary/aromatic N) is 1. The first-order chi connectivity index (χ1) is 4.88. The molecule has 4 nitrogen and oxygen atoms in total. The van der Waals surface area contributed by atoms with Crippen molar-refractivity contribution in [3.8, 4) is 0 Å². The molecule has 0 atom stereocenters. The molecule has 0 amide bonds. The summed E-state index contributed by atoms with van der Waals surface area (Å²) in [5.41, 5.74) is 5.22. The van der Waals surface area contributed by atoms with Crippen LogP contribution in [0.1, 0.15) is 0 Å². The molecule has 1 aliphatic rings. The third kappa shape index (κ3) is 1.21. The van der Waals surface area contributed by atoms with Gasteiger partial charge in [0.15, 0.2) is 5.76 Å². The molecule has 0 aromatic rings.